The van der Waals surface area contributed by atoms with Crippen LogP contribution in [0.1, 0.15) is 5.56 Å². The fourth-order valence-electron chi connectivity index (χ4n) is 0.829. The number of nitrogens with one attached hydrogen (secondary N) is 1. The third-order valence-corrected chi connectivity index (χ3v) is 5.61. The molecule has 80 valence electrons. The van der Waals surface area contributed by atoms with E-state index in [-0.39, 0.29) is 6.54 Å². The van der Waals surface area contributed by atoms with E-state index in [1.165, 1.54) is 11.3 Å². The van der Waals surface area contributed by atoms with Gasteiger partial charge in [0.2, 0.25) is 10.0 Å². The van der Waals surface area contributed by atoms with Crippen molar-refractivity contribution in [2.75, 3.05) is 13.1 Å². The highest BCUT2D eigenvalue weighted by molar-refractivity contribution is 9.11. The molecule has 0 spiro atoms. The molecule has 0 atom stereocenters. The van der Waals surface area contributed by atoms with Crippen molar-refractivity contribution >= 4 is 37.3 Å². The summed E-state index contributed by atoms with van der Waals surface area (Å²) in [7, 11) is -3.37. The largest absolute Gasteiger partial charge is 0.329 e. The predicted molar refractivity (Wildman–Crippen MR) is 61.0 cm³/mol. The van der Waals surface area contributed by atoms with Gasteiger partial charge in [0.15, 0.2) is 0 Å². The second-order valence-corrected chi connectivity index (χ2v) is 7.07. The van der Waals surface area contributed by atoms with Crippen molar-refractivity contribution in [3.8, 4) is 0 Å². The number of aryl methyl sites for hydroxylation is 1. The Hall–Kier alpha value is 0.0500. The van der Waals surface area contributed by atoms with Crippen molar-refractivity contribution in [1.29, 1.82) is 0 Å². The average molecular weight is 299 g/mol. The third kappa shape index (κ3) is 2.77. The molecule has 1 heterocycles. The Morgan fingerprint density at radius 2 is 2.29 bits per heavy atom. The summed E-state index contributed by atoms with van der Waals surface area (Å²) in [5.74, 6) is 0. The first-order chi connectivity index (χ1) is 6.47. The van der Waals surface area contributed by atoms with Crippen molar-refractivity contribution < 1.29 is 8.42 Å². The van der Waals surface area contributed by atoms with Crippen LogP contribution in [0.25, 0.3) is 0 Å². The van der Waals surface area contributed by atoms with E-state index >= 15 is 0 Å². The first-order valence-corrected chi connectivity index (χ1v) is 7.02. The molecule has 0 saturated heterocycles. The molecule has 0 unspecified atom stereocenters. The minimum atomic E-state index is -3.37. The Balaban J connectivity index is 2.93. The summed E-state index contributed by atoms with van der Waals surface area (Å²) < 4.78 is 26.7. The molecule has 1 rings (SSSR count). The van der Waals surface area contributed by atoms with E-state index in [1.807, 2.05) is 6.92 Å². The van der Waals surface area contributed by atoms with E-state index in [9.17, 15) is 8.42 Å². The van der Waals surface area contributed by atoms with E-state index in [1.54, 1.807) is 6.07 Å². The van der Waals surface area contributed by atoms with Crippen LogP contribution in [0.4, 0.5) is 0 Å². The Bertz CT molecular complexity index is 394. The first-order valence-electron chi connectivity index (χ1n) is 3.93. The average Bonchev–Trinajstić information content (AvgIpc) is 2.45. The lowest BCUT2D eigenvalue weighted by Gasteiger charge is -2.01. The zero-order valence-electron chi connectivity index (χ0n) is 7.58. The SMILES string of the molecule is Cc1cc(S(=O)(=O)NCCN)sc1Br. The number of nitrogens with two attached hydrogens (primary N) is 1. The van der Waals surface area contributed by atoms with Gasteiger partial charge in [-0.1, -0.05) is 0 Å². The van der Waals surface area contributed by atoms with Crippen LogP contribution < -0.4 is 10.5 Å². The van der Waals surface area contributed by atoms with Gasteiger partial charge < -0.3 is 5.73 Å². The Morgan fingerprint density at radius 1 is 1.64 bits per heavy atom. The van der Waals surface area contributed by atoms with Crippen molar-refractivity contribution in [1.82, 2.24) is 4.72 Å². The van der Waals surface area contributed by atoms with Crippen LogP contribution in [-0.4, -0.2) is 21.5 Å². The number of thiophene rings is 1. The maximum Gasteiger partial charge on any atom is 0.250 e. The van der Waals surface area contributed by atoms with E-state index < -0.39 is 10.0 Å². The summed E-state index contributed by atoms with van der Waals surface area (Å²) in [4.78, 5) is 0. The van der Waals surface area contributed by atoms with Gasteiger partial charge in [0.25, 0.3) is 0 Å². The molecule has 0 bridgehead atoms. The van der Waals surface area contributed by atoms with Crippen molar-refractivity contribution in [3.05, 3.63) is 15.4 Å². The van der Waals surface area contributed by atoms with Crippen LogP contribution in [0.5, 0.6) is 0 Å². The molecule has 4 nitrogen and oxygen atoms in total. The van der Waals surface area contributed by atoms with E-state index in [4.69, 9.17) is 5.73 Å². The molecule has 0 fully saturated rings. The zero-order valence-corrected chi connectivity index (χ0v) is 10.8. The smallest absolute Gasteiger partial charge is 0.250 e. The second-order valence-electron chi connectivity index (χ2n) is 2.71. The Morgan fingerprint density at radius 3 is 2.71 bits per heavy atom. The van der Waals surface area contributed by atoms with Gasteiger partial charge >= 0.3 is 0 Å². The molecule has 1 aromatic rings. The molecular weight excluding hydrogens is 288 g/mol. The molecule has 0 aromatic carbocycles. The molecule has 0 radical (unpaired) electrons. The van der Waals surface area contributed by atoms with Crippen molar-refractivity contribution in [3.63, 3.8) is 0 Å². The summed E-state index contributed by atoms with van der Waals surface area (Å²) in [5.41, 5.74) is 6.14. The maximum absolute atomic E-state index is 11.6. The predicted octanol–water partition coefficient (Wildman–Crippen LogP) is 1.06. The van der Waals surface area contributed by atoms with Gasteiger partial charge in [0, 0.05) is 13.1 Å². The fraction of sp³-hybridized carbons (Fsp3) is 0.429. The van der Waals surface area contributed by atoms with Crippen LogP contribution in [-0.2, 0) is 10.0 Å². The van der Waals surface area contributed by atoms with Gasteiger partial charge in [-0.2, -0.15) is 0 Å². The number of hydrogen-bond acceptors (Lipinski definition) is 4. The number of sulfonamides is 1. The van der Waals surface area contributed by atoms with Crippen molar-refractivity contribution in [2.24, 2.45) is 5.73 Å². The lowest BCUT2D eigenvalue weighted by molar-refractivity contribution is 0.584. The van der Waals surface area contributed by atoms with Crippen LogP contribution >= 0.6 is 27.3 Å². The minimum Gasteiger partial charge on any atom is -0.329 e. The van der Waals surface area contributed by atoms with E-state index in [0.717, 1.165) is 9.35 Å². The standard InChI is InChI=1S/C7H11BrN2O2S2/c1-5-4-6(13-7(5)8)14(11,12)10-3-2-9/h4,10H,2-3,9H2,1H3. The van der Waals surface area contributed by atoms with Gasteiger partial charge in [0.1, 0.15) is 4.21 Å². The Kier molecular flexibility index (Phi) is 4.08. The van der Waals surface area contributed by atoms with E-state index in [2.05, 4.69) is 20.7 Å². The molecule has 0 aliphatic rings. The molecule has 14 heavy (non-hydrogen) atoms. The molecular formula is C7H11BrN2O2S2. The summed E-state index contributed by atoms with van der Waals surface area (Å²) >= 11 is 4.48. The molecule has 3 N–H and O–H groups in total. The molecule has 0 aliphatic carbocycles. The molecule has 0 amide bonds. The lowest BCUT2D eigenvalue weighted by Crippen LogP contribution is -2.28. The summed E-state index contributed by atoms with van der Waals surface area (Å²) in [6.45, 7) is 2.41. The molecule has 7 heteroatoms. The third-order valence-electron chi connectivity index (χ3n) is 1.54. The van der Waals surface area contributed by atoms with Gasteiger partial charge in [-0.3, -0.25) is 0 Å². The quantitative estimate of drug-likeness (QED) is 0.873. The molecule has 0 saturated carbocycles. The highest BCUT2D eigenvalue weighted by atomic mass is 79.9. The highest BCUT2D eigenvalue weighted by Crippen LogP contribution is 2.30. The zero-order chi connectivity index (χ0) is 10.8. The van der Waals surface area contributed by atoms with Gasteiger partial charge in [-0.15, -0.1) is 11.3 Å². The maximum atomic E-state index is 11.6. The second kappa shape index (κ2) is 4.71. The van der Waals surface area contributed by atoms with Gasteiger partial charge in [-0.05, 0) is 34.5 Å². The molecule has 1 aromatic heterocycles. The molecule has 0 aliphatic heterocycles. The van der Waals surface area contributed by atoms with Gasteiger partial charge in [0.05, 0.1) is 3.79 Å². The normalized spacial score (nSPS) is 11.9. The lowest BCUT2D eigenvalue weighted by atomic mass is 10.4. The highest BCUT2D eigenvalue weighted by Gasteiger charge is 2.16. The first kappa shape index (κ1) is 12.1. The van der Waals surface area contributed by atoms with Crippen LogP contribution in [0.3, 0.4) is 0 Å². The monoisotopic (exact) mass is 298 g/mol. The number of halogens is 1. The van der Waals surface area contributed by atoms with Gasteiger partial charge in [-0.25, -0.2) is 13.1 Å². The van der Waals surface area contributed by atoms with Crippen LogP contribution in [0, 0.1) is 6.92 Å². The number of hydrogen-bond donors (Lipinski definition) is 2. The van der Waals surface area contributed by atoms with E-state index in [0.29, 0.717) is 10.8 Å². The van der Waals surface area contributed by atoms with Crippen LogP contribution in [0.2, 0.25) is 0 Å². The summed E-state index contributed by atoms with van der Waals surface area (Å²) in [5, 5.41) is 0. The fourth-order valence-corrected chi connectivity index (χ4v) is 4.15. The summed E-state index contributed by atoms with van der Waals surface area (Å²) in [6, 6.07) is 1.63. The number of rotatable bonds is 4. The van der Waals surface area contributed by atoms with Crippen LogP contribution in [0.15, 0.2) is 14.1 Å². The Labute approximate surface area is 95.7 Å². The minimum absolute atomic E-state index is 0.261. The van der Waals surface area contributed by atoms with Crippen molar-refractivity contribution in [2.45, 2.75) is 11.1 Å². The summed E-state index contributed by atoms with van der Waals surface area (Å²) in [6.07, 6.45) is 0. The topological polar surface area (TPSA) is 72.2 Å².